The summed E-state index contributed by atoms with van der Waals surface area (Å²) in [4.78, 5) is 28.2. The molecule has 0 aliphatic heterocycles. The van der Waals surface area contributed by atoms with Crippen molar-refractivity contribution in [3.63, 3.8) is 0 Å². The molecule has 1 heterocycles. The van der Waals surface area contributed by atoms with Gasteiger partial charge in [0.15, 0.2) is 0 Å². The van der Waals surface area contributed by atoms with E-state index in [2.05, 4.69) is 10.2 Å². The van der Waals surface area contributed by atoms with Crippen LogP contribution in [0.25, 0.3) is 10.4 Å². The van der Waals surface area contributed by atoms with Gasteiger partial charge in [-0.1, -0.05) is 24.3 Å². The molecule has 0 saturated heterocycles. The van der Waals surface area contributed by atoms with E-state index in [0.717, 1.165) is 20.9 Å². The number of hydrogen-bond acceptors (Lipinski definition) is 5. The second-order valence-corrected chi connectivity index (χ2v) is 7.89. The summed E-state index contributed by atoms with van der Waals surface area (Å²) in [6, 6.07) is 16.5. The summed E-state index contributed by atoms with van der Waals surface area (Å²) >= 11 is 1.55. The van der Waals surface area contributed by atoms with Gasteiger partial charge in [0.05, 0.1) is 0 Å². The quantitative estimate of drug-likeness (QED) is 0.303. The molecule has 1 amide bonds. The number of alkyl halides is 3. The smallest absolute Gasteiger partial charge is 0.332 e. The Balaban J connectivity index is 1.49. The number of halogens is 4. The molecule has 1 aromatic heterocycles. The van der Waals surface area contributed by atoms with Crippen LogP contribution in [-0.4, -0.2) is 24.6 Å². The van der Waals surface area contributed by atoms with Crippen LogP contribution in [0.15, 0.2) is 60.7 Å². The number of rotatable bonds is 7. The highest BCUT2D eigenvalue weighted by atomic mass is 32.1. The third-order valence-corrected chi connectivity index (χ3v) is 5.47. The van der Waals surface area contributed by atoms with E-state index in [4.69, 9.17) is 0 Å². The molecule has 32 heavy (non-hydrogen) atoms. The van der Waals surface area contributed by atoms with Crippen LogP contribution in [0.4, 0.5) is 17.6 Å². The Morgan fingerprint density at radius 3 is 2.44 bits per heavy atom. The maximum absolute atomic E-state index is 13.2. The van der Waals surface area contributed by atoms with Gasteiger partial charge < -0.3 is 10.2 Å². The minimum atomic E-state index is -5.19. The molecule has 5 nitrogen and oxygen atoms in total. The second kappa shape index (κ2) is 10.4. The average molecular weight is 466 g/mol. The lowest BCUT2D eigenvalue weighted by molar-refractivity contribution is -0.204. The molecular formula is C22H18F4N2O3S. The Kier molecular flexibility index (Phi) is 7.60. The van der Waals surface area contributed by atoms with Crippen LogP contribution in [0.5, 0.6) is 0 Å². The Morgan fingerprint density at radius 1 is 1.00 bits per heavy atom. The summed E-state index contributed by atoms with van der Waals surface area (Å²) < 4.78 is 49.5. The largest absolute Gasteiger partial charge is 0.493 e. The lowest BCUT2D eigenvalue weighted by Gasteiger charge is -2.07. The van der Waals surface area contributed by atoms with Crippen LogP contribution in [0, 0.1) is 5.82 Å². The molecule has 2 aromatic carbocycles. The van der Waals surface area contributed by atoms with Gasteiger partial charge in [0.2, 0.25) is 0 Å². The van der Waals surface area contributed by atoms with Gasteiger partial charge in [0, 0.05) is 21.9 Å². The fraction of sp³-hybridized carbons (Fsp3) is 0.182. The number of thiophene rings is 1. The Morgan fingerprint density at radius 2 is 1.75 bits per heavy atom. The van der Waals surface area contributed by atoms with Gasteiger partial charge in [0.1, 0.15) is 5.82 Å². The third kappa shape index (κ3) is 6.63. The maximum atomic E-state index is 13.2. The molecule has 0 bridgehead atoms. The van der Waals surface area contributed by atoms with Crippen LogP contribution in [0.3, 0.4) is 0 Å². The summed E-state index contributed by atoms with van der Waals surface area (Å²) in [7, 11) is 0. The summed E-state index contributed by atoms with van der Waals surface area (Å²) in [6.45, 7) is 1.34. The van der Waals surface area contributed by atoms with Gasteiger partial charge in [-0.25, -0.2) is 9.18 Å². The molecule has 0 fully saturated rings. The predicted octanol–water partition coefficient (Wildman–Crippen LogP) is 4.64. The van der Waals surface area contributed by atoms with Crippen molar-refractivity contribution in [3.05, 3.63) is 82.5 Å². The van der Waals surface area contributed by atoms with Crippen molar-refractivity contribution in [3.8, 4) is 10.4 Å². The Labute approximate surface area is 185 Å². The van der Waals surface area contributed by atoms with Crippen molar-refractivity contribution in [2.24, 2.45) is 0 Å². The van der Waals surface area contributed by atoms with E-state index in [1.54, 1.807) is 29.5 Å². The van der Waals surface area contributed by atoms with Crippen LogP contribution >= 0.6 is 11.3 Å². The molecular weight excluding hydrogens is 448 g/mol. The number of hydrogen-bond donors (Lipinski definition) is 2. The Hall–Kier alpha value is -3.24. The molecule has 3 rings (SSSR count). The molecule has 0 aliphatic rings. The number of hydroxylamine groups is 1. The maximum Gasteiger partial charge on any atom is 0.493 e. The van der Waals surface area contributed by atoms with Crippen molar-refractivity contribution in [1.82, 2.24) is 10.8 Å². The highest BCUT2D eigenvalue weighted by molar-refractivity contribution is 7.15. The van der Waals surface area contributed by atoms with Crippen molar-refractivity contribution >= 4 is 23.2 Å². The van der Waals surface area contributed by atoms with Crippen LogP contribution < -0.4 is 10.8 Å². The summed E-state index contributed by atoms with van der Waals surface area (Å²) in [5, 5.41) is 3.31. The first-order valence-corrected chi connectivity index (χ1v) is 10.3. The van der Waals surface area contributed by atoms with Gasteiger partial charge in [-0.3, -0.25) is 4.79 Å². The minimum Gasteiger partial charge on any atom is -0.332 e. The van der Waals surface area contributed by atoms with E-state index in [-0.39, 0.29) is 11.4 Å². The van der Waals surface area contributed by atoms with E-state index >= 15 is 0 Å². The van der Waals surface area contributed by atoms with Gasteiger partial charge in [0.25, 0.3) is 5.91 Å². The molecule has 0 atom stereocenters. The van der Waals surface area contributed by atoms with Crippen molar-refractivity contribution in [1.29, 1.82) is 0 Å². The number of nitrogens with one attached hydrogen (secondary N) is 2. The van der Waals surface area contributed by atoms with Gasteiger partial charge in [-0.15, -0.1) is 11.3 Å². The normalized spacial score (nSPS) is 11.2. The van der Waals surface area contributed by atoms with Crippen LogP contribution in [0.2, 0.25) is 0 Å². The molecule has 3 aromatic rings. The minimum absolute atomic E-state index is 0.0412. The molecule has 10 heteroatoms. The van der Waals surface area contributed by atoms with Gasteiger partial charge in [-0.2, -0.15) is 18.7 Å². The fourth-order valence-corrected chi connectivity index (χ4v) is 3.74. The first kappa shape index (κ1) is 23.4. The SMILES string of the molecule is O=C(NOC(=O)C(F)(F)F)c1ccc(-c2ccc(CNCCc3cccc(F)c3)s2)cc1. The van der Waals surface area contributed by atoms with Crippen molar-refractivity contribution in [2.75, 3.05) is 6.54 Å². The number of benzene rings is 2. The molecule has 0 spiro atoms. The number of carbonyl (C=O) groups excluding carboxylic acids is 2. The van der Waals surface area contributed by atoms with E-state index in [9.17, 15) is 27.2 Å². The first-order chi connectivity index (χ1) is 15.2. The molecule has 2 N–H and O–H groups in total. The second-order valence-electron chi connectivity index (χ2n) is 6.72. The number of carbonyl (C=O) groups is 2. The van der Waals surface area contributed by atoms with E-state index < -0.39 is 18.1 Å². The first-order valence-electron chi connectivity index (χ1n) is 9.45. The molecule has 0 aliphatic carbocycles. The van der Waals surface area contributed by atoms with Gasteiger partial charge in [-0.05, 0) is 60.5 Å². The van der Waals surface area contributed by atoms with E-state index in [1.165, 1.54) is 29.7 Å². The zero-order chi connectivity index (χ0) is 23.1. The zero-order valence-corrected chi connectivity index (χ0v) is 17.4. The van der Waals surface area contributed by atoms with E-state index in [1.807, 2.05) is 18.2 Å². The van der Waals surface area contributed by atoms with Crippen molar-refractivity contribution in [2.45, 2.75) is 19.1 Å². The summed E-state index contributed by atoms with van der Waals surface area (Å²) in [5.41, 5.74) is 3.26. The standard InChI is InChI=1S/C22H18F4N2O3S/c23-17-3-1-2-14(12-17)10-11-27-13-18-8-9-19(32-18)15-4-6-16(7-5-15)20(29)28-31-21(30)22(24,25)26/h1-9,12,27H,10-11,13H2,(H,28,29). The van der Waals surface area contributed by atoms with Gasteiger partial charge >= 0.3 is 12.1 Å². The lowest BCUT2D eigenvalue weighted by Crippen LogP contribution is -2.34. The average Bonchev–Trinajstić information content (AvgIpc) is 3.23. The lowest BCUT2D eigenvalue weighted by atomic mass is 10.1. The topological polar surface area (TPSA) is 67.4 Å². The monoisotopic (exact) mass is 466 g/mol. The van der Waals surface area contributed by atoms with Crippen LogP contribution in [-0.2, 0) is 22.6 Å². The summed E-state index contributed by atoms with van der Waals surface area (Å²) in [5.74, 6) is -3.72. The molecule has 168 valence electrons. The Bertz CT molecular complexity index is 1080. The molecule has 0 unspecified atom stereocenters. The third-order valence-electron chi connectivity index (χ3n) is 4.34. The van der Waals surface area contributed by atoms with Crippen molar-refractivity contribution < 1.29 is 32.0 Å². The fourth-order valence-electron chi connectivity index (χ4n) is 2.76. The van der Waals surface area contributed by atoms with Crippen LogP contribution in [0.1, 0.15) is 20.8 Å². The molecule has 0 radical (unpaired) electrons. The predicted molar refractivity (Wildman–Crippen MR) is 111 cm³/mol. The summed E-state index contributed by atoms with van der Waals surface area (Å²) in [6.07, 6.45) is -4.49. The zero-order valence-electron chi connectivity index (χ0n) is 16.5. The van der Waals surface area contributed by atoms with E-state index in [0.29, 0.717) is 19.5 Å². The molecule has 0 saturated carbocycles. The number of amides is 1. The highest BCUT2D eigenvalue weighted by Gasteiger charge is 2.42. The highest BCUT2D eigenvalue weighted by Crippen LogP contribution is 2.28.